The molecule has 0 aliphatic carbocycles. The Kier molecular flexibility index (Phi) is 9.69. The number of carbonyl (C=O) groups excluding carboxylic acids is 4. The van der Waals surface area contributed by atoms with E-state index < -0.39 is 36.1 Å². The molecule has 2 heterocycles. The molecule has 222 valence electrons. The zero-order chi connectivity index (χ0) is 30.2. The number of rotatable bonds is 11. The minimum atomic E-state index is -0.731. The molecule has 4 N–H and O–H groups in total. The maximum absolute atomic E-state index is 12.5. The van der Waals surface area contributed by atoms with E-state index in [0.717, 1.165) is 0 Å². The summed E-state index contributed by atoms with van der Waals surface area (Å²) in [6.45, 7) is 4.00. The van der Waals surface area contributed by atoms with Crippen LogP contribution >= 0.6 is 0 Å². The maximum Gasteiger partial charge on any atom is 0.337 e. The quantitative estimate of drug-likeness (QED) is 0.233. The van der Waals surface area contributed by atoms with Crippen molar-refractivity contribution in [1.82, 2.24) is 21.3 Å². The maximum atomic E-state index is 12.5. The van der Waals surface area contributed by atoms with Gasteiger partial charge in [0.05, 0.1) is 50.7 Å². The van der Waals surface area contributed by atoms with E-state index in [1.165, 1.54) is 14.2 Å². The molecule has 2 aromatic rings. The SMILES string of the molecule is COC(=O)C1=C(C)NC(=O)NC1c1ccccc1OCCCCOc1ccccc1C1NC(=O)NC(C)=C1C(=O)OC. The summed E-state index contributed by atoms with van der Waals surface area (Å²) in [7, 11) is 2.58. The molecule has 12 heteroatoms. The number of amides is 4. The van der Waals surface area contributed by atoms with E-state index in [2.05, 4.69) is 21.3 Å². The molecule has 0 spiro atoms. The van der Waals surface area contributed by atoms with Gasteiger partial charge in [-0.25, -0.2) is 19.2 Å². The topological polar surface area (TPSA) is 153 Å². The van der Waals surface area contributed by atoms with Gasteiger partial charge in [-0.1, -0.05) is 36.4 Å². The second-order valence-electron chi connectivity index (χ2n) is 9.60. The molecule has 0 saturated carbocycles. The average Bonchev–Trinajstić information content (AvgIpc) is 2.97. The van der Waals surface area contributed by atoms with Crippen molar-refractivity contribution < 1.29 is 38.1 Å². The summed E-state index contributed by atoms with van der Waals surface area (Å²) in [4.78, 5) is 49.3. The first-order valence-electron chi connectivity index (χ1n) is 13.4. The van der Waals surface area contributed by atoms with Gasteiger partial charge in [-0.3, -0.25) is 0 Å². The van der Waals surface area contributed by atoms with Gasteiger partial charge < -0.3 is 40.2 Å². The van der Waals surface area contributed by atoms with Gasteiger partial charge >= 0.3 is 24.0 Å². The standard InChI is InChI=1S/C30H34N4O8/c1-17-23(27(35)39-3)25(33-29(37)31-17)19-11-5-7-13-21(19)41-15-9-10-16-42-22-14-8-6-12-20(22)26-24(28(36)40-4)18(2)32-30(38)34-26/h5-8,11-14,25-26H,9-10,15-16H2,1-4H3,(H2,31,33,37)(H2,32,34,38). The summed E-state index contributed by atoms with van der Waals surface area (Å²) in [6, 6.07) is 12.1. The summed E-state index contributed by atoms with van der Waals surface area (Å²) in [5, 5.41) is 10.8. The van der Waals surface area contributed by atoms with Gasteiger partial charge in [-0.2, -0.15) is 0 Å². The van der Waals surface area contributed by atoms with Crippen molar-refractivity contribution in [3.05, 3.63) is 82.2 Å². The van der Waals surface area contributed by atoms with Gasteiger partial charge in [0, 0.05) is 22.5 Å². The molecular formula is C30H34N4O8. The molecule has 2 unspecified atom stereocenters. The fourth-order valence-corrected chi connectivity index (χ4v) is 4.88. The smallest absolute Gasteiger partial charge is 0.337 e. The highest BCUT2D eigenvalue weighted by atomic mass is 16.5. The number of unbranched alkanes of at least 4 members (excludes halogenated alkanes) is 1. The summed E-state index contributed by atoms with van der Waals surface area (Å²) in [5.74, 6) is -0.0371. The number of carbonyl (C=O) groups is 4. The Morgan fingerprint density at radius 2 is 1.05 bits per heavy atom. The van der Waals surface area contributed by atoms with Crippen molar-refractivity contribution in [2.45, 2.75) is 38.8 Å². The molecule has 42 heavy (non-hydrogen) atoms. The van der Waals surface area contributed by atoms with E-state index in [-0.39, 0.29) is 0 Å². The van der Waals surface area contributed by atoms with Gasteiger partial charge in [0.15, 0.2) is 0 Å². The lowest BCUT2D eigenvalue weighted by Crippen LogP contribution is -2.45. The third-order valence-corrected chi connectivity index (χ3v) is 6.86. The number of esters is 2. The van der Waals surface area contributed by atoms with Crippen LogP contribution in [0.2, 0.25) is 0 Å². The number of allylic oxidation sites excluding steroid dienone is 2. The largest absolute Gasteiger partial charge is 0.493 e. The number of para-hydroxylation sites is 2. The molecule has 4 rings (SSSR count). The summed E-state index contributed by atoms with van der Waals surface area (Å²) < 4.78 is 22.0. The molecule has 0 aromatic heterocycles. The molecule has 2 atom stereocenters. The molecule has 0 bridgehead atoms. The lowest BCUT2D eigenvalue weighted by Gasteiger charge is -2.29. The van der Waals surface area contributed by atoms with E-state index in [1.807, 2.05) is 12.1 Å². The Balaban J connectivity index is 1.38. The van der Waals surface area contributed by atoms with Crippen molar-refractivity contribution >= 4 is 24.0 Å². The predicted molar refractivity (Wildman–Crippen MR) is 151 cm³/mol. The second kappa shape index (κ2) is 13.6. The number of benzene rings is 2. The summed E-state index contributed by atoms with van der Waals surface area (Å²) in [5.41, 5.74) is 2.68. The predicted octanol–water partition coefficient (Wildman–Crippen LogP) is 3.53. The molecule has 4 amide bonds. The van der Waals surface area contributed by atoms with Crippen molar-refractivity contribution in [3.63, 3.8) is 0 Å². The number of hydrogen-bond donors (Lipinski definition) is 4. The molecule has 0 radical (unpaired) electrons. The Bertz CT molecular complexity index is 1330. The molecular weight excluding hydrogens is 544 g/mol. The lowest BCUT2D eigenvalue weighted by molar-refractivity contribution is -0.137. The number of ether oxygens (including phenoxy) is 4. The van der Waals surface area contributed by atoms with E-state index in [4.69, 9.17) is 18.9 Å². The lowest BCUT2D eigenvalue weighted by atomic mass is 9.95. The molecule has 0 saturated heterocycles. The minimum Gasteiger partial charge on any atom is -0.493 e. The van der Waals surface area contributed by atoms with E-state index >= 15 is 0 Å². The monoisotopic (exact) mass is 578 g/mol. The first-order valence-corrected chi connectivity index (χ1v) is 13.4. The van der Waals surface area contributed by atoms with Crippen LogP contribution in [0.5, 0.6) is 11.5 Å². The second-order valence-corrected chi connectivity index (χ2v) is 9.60. The van der Waals surface area contributed by atoms with Crippen molar-refractivity contribution in [3.8, 4) is 11.5 Å². The fraction of sp³-hybridized carbons (Fsp3) is 0.333. The molecule has 2 aromatic carbocycles. The van der Waals surface area contributed by atoms with Gasteiger partial charge in [0.1, 0.15) is 11.5 Å². The van der Waals surface area contributed by atoms with Crippen molar-refractivity contribution in [1.29, 1.82) is 0 Å². The van der Waals surface area contributed by atoms with Crippen LogP contribution in [0, 0.1) is 0 Å². The van der Waals surface area contributed by atoms with Crippen LogP contribution in [0.15, 0.2) is 71.1 Å². The van der Waals surface area contributed by atoms with E-state index in [0.29, 0.717) is 71.2 Å². The minimum absolute atomic E-state index is 0.297. The molecule has 2 aliphatic rings. The highest BCUT2D eigenvalue weighted by Crippen LogP contribution is 2.35. The number of hydrogen-bond acceptors (Lipinski definition) is 8. The van der Waals surface area contributed by atoms with Crippen molar-refractivity contribution in [2.24, 2.45) is 0 Å². The van der Waals surface area contributed by atoms with Crippen molar-refractivity contribution in [2.75, 3.05) is 27.4 Å². The van der Waals surface area contributed by atoms with Gasteiger partial charge in [-0.15, -0.1) is 0 Å². The normalized spacial score (nSPS) is 18.3. The third-order valence-electron chi connectivity index (χ3n) is 6.86. The molecule has 12 nitrogen and oxygen atoms in total. The van der Waals surface area contributed by atoms with Gasteiger partial charge in [-0.05, 0) is 38.8 Å². The Labute approximate surface area is 243 Å². The average molecular weight is 579 g/mol. The van der Waals surface area contributed by atoms with Crippen LogP contribution in [-0.2, 0) is 19.1 Å². The van der Waals surface area contributed by atoms with Crippen LogP contribution in [0.3, 0.4) is 0 Å². The van der Waals surface area contributed by atoms with Crippen LogP contribution in [0.25, 0.3) is 0 Å². The van der Waals surface area contributed by atoms with Crippen LogP contribution in [-0.4, -0.2) is 51.4 Å². The van der Waals surface area contributed by atoms with Gasteiger partial charge in [0.2, 0.25) is 0 Å². The molecule has 0 fully saturated rings. The van der Waals surface area contributed by atoms with Gasteiger partial charge in [0.25, 0.3) is 0 Å². The summed E-state index contributed by atoms with van der Waals surface area (Å²) >= 11 is 0. The van der Waals surface area contributed by atoms with E-state index in [9.17, 15) is 19.2 Å². The van der Waals surface area contributed by atoms with E-state index in [1.54, 1.807) is 50.2 Å². The zero-order valence-corrected chi connectivity index (χ0v) is 23.9. The fourth-order valence-electron chi connectivity index (χ4n) is 4.88. The Morgan fingerprint density at radius 1 is 0.667 bits per heavy atom. The number of nitrogens with one attached hydrogen (secondary N) is 4. The first kappa shape index (κ1) is 30.0. The third kappa shape index (κ3) is 6.65. The summed E-state index contributed by atoms with van der Waals surface area (Å²) in [6.07, 6.45) is 1.29. The van der Waals surface area contributed by atoms with Crippen LogP contribution in [0.1, 0.15) is 49.9 Å². The first-order chi connectivity index (χ1) is 20.2. The molecule has 2 aliphatic heterocycles. The zero-order valence-electron chi connectivity index (χ0n) is 23.9. The van der Waals surface area contributed by atoms with Crippen LogP contribution < -0.4 is 30.7 Å². The number of methoxy groups -OCH3 is 2. The number of urea groups is 2. The highest BCUT2D eigenvalue weighted by Gasteiger charge is 2.34. The highest BCUT2D eigenvalue weighted by molar-refractivity contribution is 5.96. The Hall–Kier alpha value is -5.00. The van der Waals surface area contributed by atoms with Crippen LogP contribution in [0.4, 0.5) is 9.59 Å². The Morgan fingerprint density at radius 3 is 1.43 bits per heavy atom.